The van der Waals surface area contributed by atoms with E-state index in [2.05, 4.69) is 4.98 Å². The number of pyridine rings is 1. The van der Waals surface area contributed by atoms with Gasteiger partial charge in [0, 0.05) is 0 Å². The van der Waals surface area contributed by atoms with Gasteiger partial charge in [0.1, 0.15) is 0 Å². The second-order valence-electron chi connectivity index (χ2n) is 1.62. The van der Waals surface area contributed by atoms with E-state index in [-0.39, 0.29) is 23.8 Å². The number of nitrogens with two attached hydrogens (primary N) is 2. The van der Waals surface area contributed by atoms with Crippen LogP contribution in [0.25, 0.3) is 0 Å². The van der Waals surface area contributed by atoms with E-state index in [4.69, 9.17) is 11.5 Å². The summed E-state index contributed by atoms with van der Waals surface area (Å²) in [5.41, 5.74) is 10.5. The van der Waals surface area contributed by atoms with Gasteiger partial charge in [0.15, 0.2) is 5.82 Å². The summed E-state index contributed by atoms with van der Waals surface area (Å²) in [4.78, 5) is 3.46. The highest BCUT2D eigenvalue weighted by Crippen LogP contribution is 2.14. The van der Waals surface area contributed by atoms with Gasteiger partial charge in [0.05, 0.1) is 23.8 Å². The van der Waals surface area contributed by atoms with E-state index in [0.29, 0.717) is 0 Å². The lowest BCUT2D eigenvalue weighted by Gasteiger charge is -1.96. The van der Waals surface area contributed by atoms with Crippen LogP contribution in [0.3, 0.4) is 0 Å². The van der Waals surface area contributed by atoms with E-state index >= 15 is 0 Å². The molecule has 1 aromatic heterocycles. The Morgan fingerprint density at radius 1 is 1.30 bits per heavy atom. The molecule has 0 atom stereocenters. The lowest BCUT2D eigenvalue weighted by atomic mass is 10.3. The third-order valence-corrected chi connectivity index (χ3v) is 0.970. The molecule has 0 bridgehead atoms. The van der Waals surface area contributed by atoms with Gasteiger partial charge in [-0.1, -0.05) is 0 Å². The summed E-state index contributed by atoms with van der Waals surface area (Å²) in [5.74, 6) is -0.574. The molecule has 0 unspecified atom stereocenters. The van der Waals surface area contributed by atoms with Gasteiger partial charge in [-0.05, 0) is 0 Å². The smallest absolute Gasteiger partial charge is 0.166 e. The highest BCUT2D eigenvalue weighted by atomic mass is 35.5. The average Bonchev–Trinajstić information content (AvgIpc) is 1.83. The maximum Gasteiger partial charge on any atom is 0.166 e. The van der Waals surface area contributed by atoms with Crippen LogP contribution in [0.5, 0.6) is 0 Å². The van der Waals surface area contributed by atoms with Crippen LogP contribution in [0.4, 0.5) is 15.8 Å². The Morgan fingerprint density at radius 3 is 2.30 bits per heavy atom. The first-order valence-electron chi connectivity index (χ1n) is 2.36. The van der Waals surface area contributed by atoms with Gasteiger partial charge in [-0.15, -0.1) is 12.4 Å². The van der Waals surface area contributed by atoms with Gasteiger partial charge in [-0.25, -0.2) is 4.39 Å². The Labute approximate surface area is 63.6 Å². The molecule has 4 N–H and O–H groups in total. The summed E-state index contributed by atoms with van der Waals surface area (Å²) < 4.78 is 12.3. The van der Waals surface area contributed by atoms with Gasteiger partial charge < -0.3 is 11.5 Å². The van der Waals surface area contributed by atoms with E-state index in [1.54, 1.807) is 0 Å². The summed E-state index contributed by atoms with van der Waals surface area (Å²) in [6.45, 7) is 0. The van der Waals surface area contributed by atoms with Crippen LogP contribution in [-0.4, -0.2) is 4.98 Å². The van der Waals surface area contributed by atoms with Crippen LogP contribution in [-0.2, 0) is 0 Å². The molecule has 0 aromatic carbocycles. The predicted molar refractivity (Wildman–Crippen MR) is 40.3 cm³/mol. The number of nitrogens with zero attached hydrogens (tertiary/aromatic N) is 1. The number of hydrogen-bond donors (Lipinski definition) is 2. The molecule has 0 saturated carbocycles. The van der Waals surface area contributed by atoms with Crippen molar-refractivity contribution in [2.24, 2.45) is 0 Å². The highest BCUT2D eigenvalue weighted by Gasteiger charge is 1.98. The summed E-state index contributed by atoms with van der Waals surface area (Å²) in [5, 5.41) is 0. The molecule has 56 valence electrons. The lowest BCUT2D eigenvalue weighted by Crippen LogP contribution is -1.98. The maximum absolute atomic E-state index is 12.3. The minimum atomic E-state index is -0.574. The molecule has 0 aliphatic carbocycles. The third kappa shape index (κ3) is 1.48. The fourth-order valence-corrected chi connectivity index (χ4v) is 0.460. The van der Waals surface area contributed by atoms with E-state index < -0.39 is 5.82 Å². The van der Waals surface area contributed by atoms with Gasteiger partial charge >= 0.3 is 0 Å². The first-order chi connectivity index (χ1) is 4.22. The molecular weight excluding hydrogens is 157 g/mol. The molecule has 10 heavy (non-hydrogen) atoms. The fourth-order valence-electron chi connectivity index (χ4n) is 0.460. The first-order valence-corrected chi connectivity index (χ1v) is 2.36. The average molecular weight is 164 g/mol. The van der Waals surface area contributed by atoms with E-state index in [0.717, 1.165) is 6.20 Å². The van der Waals surface area contributed by atoms with Crippen molar-refractivity contribution >= 4 is 23.8 Å². The van der Waals surface area contributed by atoms with Crippen LogP contribution in [0, 0.1) is 5.82 Å². The Kier molecular flexibility index (Phi) is 2.89. The quantitative estimate of drug-likeness (QED) is 0.595. The van der Waals surface area contributed by atoms with Crippen molar-refractivity contribution in [3.8, 4) is 0 Å². The van der Waals surface area contributed by atoms with Crippen LogP contribution in [0.15, 0.2) is 12.4 Å². The second-order valence-corrected chi connectivity index (χ2v) is 1.62. The van der Waals surface area contributed by atoms with E-state index in [1.807, 2.05) is 0 Å². The number of rotatable bonds is 0. The molecular formula is C5H7ClFN3. The zero-order valence-electron chi connectivity index (χ0n) is 5.04. The molecule has 0 amide bonds. The van der Waals surface area contributed by atoms with Gasteiger partial charge in [0.2, 0.25) is 0 Å². The van der Waals surface area contributed by atoms with Crippen LogP contribution in [0.2, 0.25) is 0 Å². The van der Waals surface area contributed by atoms with Gasteiger partial charge in [0.25, 0.3) is 0 Å². The van der Waals surface area contributed by atoms with Crippen molar-refractivity contribution in [2.75, 3.05) is 11.5 Å². The van der Waals surface area contributed by atoms with Gasteiger partial charge in [-0.3, -0.25) is 4.98 Å². The fraction of sp³-hybridized carbons (Fsp3) is 0. The standard InChI is InChI=1S/C5H6FN3.ClH/c6-3-1-9-2-4(7)5(3)8;/h1-2H,7H2,(H2,8,9);1H. The van der Waals surface area contributed by atoms with Crippen LogP contribution in [0.1, 0.15) is 0 Å². The van der Waals surface area contributed by atoms with E-state index in [9.17, 15) is 4.39 Å². The zero-order chi connectivity index (χ0) is 6.85. The minimum absolute atomic E-state index is 0. The molecule has 0 saturated heterocycles. The van der Waals surface area contributed by atoms with Crippen molar-refractivity contribution in [1.82, 2.24) is 4.98 Å². The van der Waals surface area contributed by atoms with Crippen molar-refractivity contribution in [2.45, 2.75) is 0 Å². The topological polar surface area (TPSA) is 64.9 Å². The Morgan fingerprint density at radius 2 is 1.90 bits per heavy atom. The minimum Gasteiger partial charge on any atom is -0.396 e. The zero-order valence-corrected chi connectivity index (χ0v) is 5.86. The molecule has 0 aliphatic rings. The number of anilines is 2. The highest BCUT2D eigenvalue weighted by molar-refractivity contribution is 5.85. The van der Waals surface area contributed by atoms with Crippen LogP contribution >= 0.6 is 12.4 Å². The van der Waals surface area contributed by atoms with Crippen molar-refractivity contribution in [3.63, 3.8) is 0 Å². The molecule has 1 aromatic rings. The molecule has 5 heteroatoms. The monoisotopic (exact) mass is 163 g/mol. The molecule has 0 fully saturated rings. The normalized spacial score (nSPS) is 8.50. The molecule has 0 aliphatic heterocycles. The Balaban J connectivity index is 0.000000810. The largest absolute Gasteiger partial charge is 0.396 e. The Hall–Kier alpha value is -1.03. The van der Waals surface area contributed by atoms with Gasteiger partial charge in [-0.2, -0.15) is 0 Å². The van der Waals surface area contributed by atoms with Crippen LogP contribution < -0.4 is 11.5 Å². The van der Waals surface area contributed by atoms with E-state index in [1.165, 1.54) is 6.20 Å². The summed E-state index contributed by atoms with van der Waals surface area (Å²) in [7, 11) is 0. The molecule has 1 heterocycles. The SMILES string of the molecule is Cl.Nc1cncc(F)c1N. The van der Waals surface area contributed by atoms with Crippen molar-refractivity contribution in [1.29, 1.82) is 0 Å². The number of halogens is 2. The summed E-state index contributed by atoms with van der Waals surface area (Å²) >= 11 is 0. The van der Waals surface area contributed by atoms with Crippen molar-refractivity contribution in [3.05, 3.63) is 18.2 Å². The predicted octanol–water partition coefficient (Wildman–Crippen LogP) is 0.807. The molecule has 0 spiro atoms. The maximum atomic E-state index is 12.3. The second kappa shape index (κ2) is 3.22. The molecule has 1 rings (SSSR count). The lowest BCUT2D eigenvalue weighted by molar-refractivity contribution is 0.627. The third-order valence-electron chi connectivity index (χ3n) is 0.970. The summed E-state index contributed by atoms with van der Waals surface area (Å²) in [6, 6.07) is 0. The number of nitrogen functional groups attached to an aromatic ring is 2. The Bertz CT molecular complexity index is 208. The molecule has 3 nitrogen and oxygen atoms in total. The summed E-state index contributed by atoms with van der Waals surface area (Å²) in [6.07, 6.45) is 2.32. The van der Waals surface area contributed by atoms with Crippen molar-refractivity contribution < 1.29 is 4.39 Å². The number of aromatic nitrogens is 1. The first kappa shape index (κ1) is 8.97. The number of hydrogen-bond acceptors (Lipinski definition) is 3. The molecule has 0 radical (unpaired) electrons.